The van der Waals surface area contributed by atoms with E-state index in [4.69, 9.17) is 0 Å². The summed E-state index contributed by atoms with van der Waals surface area (Å²) in [6.45, 7) is 8.85. The van der Waals surface area contributed by atoms with Gasteiger partial charge in [-0.3, -0.25) is 0 Å². The van der Waals surface area contributed by atoms with Crippen molar-refractivity contribution >= 4 is 5.57 Å². The summed E-state index contributed by atoms with van der Waals surface area (Å²) < 4.78 is 0. The fraction of sp³-hybridized carbons (Fsp3) is 0.500. The van der Waals surface area contributed by atoms with Gasteiger partial charge in [-0.1, -0.05) is 51.0 Å². The lowest BCUT2D eigenvalue weighted by Crippen LogP contribution is -1.99. The van der Waals surface area contributed by atoms with Gasteiger partial charge < -0.3 is 0 Å². The van der Waals surface area contributed by atoms with E-state index >= 15 is 0 Å². The summed E-state index contributed by atoms with van der Waals surface area (Å²) in [6, 6.07) is 6.76. The fourth-order valence-electron chi connectivity index (χ4n) is 2.21. The molecule has 0 atom stereocenters. The van der Waals surface area contributed by atoms with Crippen molar-refractivity contribution in [2.24, 2.45) is 0 Å². The molecule has 0 aromatic heterocycles. The minimum Gasteiger partial charge on any atom is -0.0841 e. The van der Waals surface area contributed by atoms with E-state index in [1.807, 2.05) is 0 Å². The van der Waals surface area contributed by atoms with Crippen LogP contribution in [0.4, 0.5) is 0 Å². The number of allylic oxidation sites excluding steroid dienone is 2. The molecule has 88 valence electrons. The highest BCUT2D eigenvalue weighted by Crippen LogP contribution is 2.24. The second-order valence-corrected chi connectivity index (χ2v) is 4.41. The fourth-order valence-corrected chi connectivity index (χ4v) is 2.21. The normalized spacial score (nSPS) is 11.9. The molecule has 1 aromatic rings. The summed E-state index contributed by atoms with van der Waals surface area (Å²) in [7, 11) is 0. The average molecular weight is 216 g/mol. The number of aryl methyl sites for hydroxylation is 1. The lowest BCUT2D eigenvalue weighted by atomic mass is 9.91. The van der Waals surface area contributed by atoms with Crippen LogP contribution in [0.5, 0.6) is 0 Å². The van der Waals surface area contributed by atoms with E-state index in [0.29, 0.717) is 0 Å². The van der Waals surface area contributed by atoms with Crippen molar-refractivity contribution in [2.75, 3.05) is 0 Å². The molecule has 0 bridgehead atoms. The van der Waals surface area contributed by atoms with Crippen LogP contribution in [0, 0.1) is 0 Å². The van der Waals surface area contributed by atoms with Gasteiger partial charge >= 0.3 is 0 Å². The topological polar surface area (TPSA) is 0 Å². The Labute approximate surface area is 100 Å². The zero-order valence-corrected chi connectivity index (χ0v) is 11.1. The van der Waals surface area contributed by atoms with Crippen LogP contribution < -0.4 is 0 Å². The number of hydrogen-bond donors (Lipinski definition) is 0. The predicted molar refractivity (Wildman–Crippen MR) is 73.8 cm³/mol. The third kappa shape index (κ3) is 2.98. The van der Waals surface area contributed by atoms with Gasteiger partial charge in [-0.2, -0.15) is 0 Å². The largest absolute Gasteiger partial charge is 0.0841 e. The van der Waals surface area contributed by atoms with Crippen molar-refractivity contribution in [3.8, 4) is 0 Å². The van der Waals surface area contributed by atoms with Crippen LogP contribution in [0.25, 0.3) is 5.57 Å². The van der Waals surface area contributed by atoms with Crippen LogP contribution in [-0.4, -0.2) is 0 Å². The van der Waals surface area contributed by atoms with Gasteiger partial charge in [0.05, 0.1) is 0 Å². The van der Waals surface area contributed by atoms with Gasteiger partial charge in [0.25, 0.3) is 0 Å². The average Bonchev–Trinajstić information content (AvgIpc) is 2.31. The molecule has 0 nitrogen and oxygen atoms in total. The molecule has 0 radical (unpaired) electrons. The third-order valence-corrected chi connectivity index (χ3v) is 3.15. The third-order valence-electron chi connectivity index (χ3n) is 3.15. The van der Waals surface area contributed by atoms with E-state index < -0.39 is 0 Å². The highest BCUT2D eigenvalue weighted by molar-refractivity contribution is 5.67. The van der Waals surface area contributed by atoms with Crippen molar-refractivity contribution in [1.29, 1.82) is 0 Å². The first-order valence-electron chi connectivity index (χ1n) is 6.48. The summed E-state index contributed by atoms with van der Waals surface area (Å²) in [5, 5.41) is 0. The Morgan fingerprint density at radius 1 is 1.12 bits per heavy atom. The number of hydrogen-bond acceptors (Lipinski definition) is 0. The van der Waals surface area contributed by atoms with Crippen LogP contribution in [0.3, 0.4) is 0 Å². The van der Waals surface area contributed by atoms with Crippen LogP contribution >= 0.6 is 0 Å². The van der Waals surface area contributed by atoms with Gasteiger partial charge in [-0.25, -0.2) is 0 Å². The summed E-state index contributed by atoms with van der Waals surface area (Å²) in [6.07, 6.45) is 7.08. The predicted octanol–water partition coefficient (Wildman–Crippen LogP) is 5.01. The Kier molecular flexibility index (Phi) is 5.31. The van der Waals surface area contributed by atoms with E-state index in [2.05, 4.69) is 52.0 Å². The molecule has 1 aromatic carbocycles. The van der Waals surface area contributed by atoms with E-state index in [1.165, 1.54) is 36.8 Å². The van der Waals surface area contributed by atoms with Crippen molar-refractivity contribution in [3.63, 3.8) is 0 Å². The first kappa shape index (κ1) is 13.0. The summed E-state index contributed by atoms with van der Waals surface area (Å²) in [4.78, 5) is 0. The number of benzene rings is 1. The minimum absolute atomic E-state index is 1.21. The zero-order valence-electron chi connectivity index (χ0n) is 11.1. The molecular formula is C16H24. The van der Waals surface area contributed by atoms with Crippen molar-refractivity contribution in [1.82, 2.24) is 0 Å². The van der Waals surface area contributed by atoms with Gasteiger partial charge in [0, 0.05) is 0 Å². The lowest BCUT2D eigenvalue weighted by molar-refractivity contribution is 0.858. The maximum absolute atomic E-state index is 2.29. The Bertz CT molecular complexity index is 358. The smallest absolute Gasteiger partial charge is 0.0196 e. The van der Waals surface area contributed by atoms with E-state index in [0.717, 1.165) is 0 Å². The first-order valence-corrected chi connectivity index (χ1v) is 6.48. The molecule has 0 saturated heterocycles. The Morgan fingerprint density at radius 3 is 2.38 bits per heavy atom. The molecule has 0 N–H and O–H groups in total. The molecular weight excluding hydrogens is 192 g/mol. The molecule has 0 aliphatic heterocycles. The standard InChI is InChI=1S/C16H24/c1-5-9-14-11-8-12-15(13(4)7-3)16(14)10-6-2/h7-8,11-12H,5-6,9-10H2,1-4H3/b13-7-. The Hall–Kier alpha value is -1.04. The highest BCUT2D eigenvalue weighted by Gasteiger charge is 2.07. The SMILES string of the molecule is C/C=C(/C)c1cccc(CCC)c1CCC. The van der Waals surface area contributed by atoms with E-state index in [9.17, 15) is 0 Å². The van der Waals surface area contributed by atoms with Crippen molar-refractivity contribution in [2.45, 2.75) is 53.4 Å². The second kappa shape index (κ2) is 6.52. The molecule has 0 spiro atoms. The summed E-state index contributed by atoms with van der Waals surface area (Å²) in [5.41, 5.74) is 5.97. The van der Waals surface area contributed by atoms with Crippen LogP contribution in [0.15, 0.2) is 24.3 Å². The Balaban J connectivity index is 3.20. The van der Waals surface area contributed by atoms with Crippen molar-refractivity contribution in [3.05, 3.63) is 41.0 Å². The van der Waals surface area contributed by atoms with Crippen LogP contribution in [-0.2, 0) is 12.8 Å². The molecule has 0 amide bonds. The molecule has 0 heteroatoms. The molecule has 16 heavy (non-hydrogen) atoms. The molecule has 0 unspecified atom stereocenters. The van der Waals surface area contributed by atoms with Gasteiger partial charge in [0.1, 0.15) is 0 Å². The van der Waals surface area contributed by atoms with Gasteiger partial charge in [-0.05, 0) is 49.0 Å². The molecule has 0 heterocycles. The minimum atomic E-state index is 1.21. The van der Waals surface area contributed by atoms with E-state index in [1.54, 1.807) is 11.1 Å². The summed E-state index contributed by atoms with van der Waals surface area (Å²) >= 11 is 0. The van der Waals surface area contributed by atoms with Crippen LogP contribution in [0.2, 0.25) is 0 Å². The quantitative estimate of drug-likeness (QED) is 0.648. The van der Waals surface area contributed by atoms with Crippen molar-refractivity contribution < 1.29 is 0 Å². The highest BCUT2D eigenvalue weighted by atomic mass is 14.1. The van der Waals surface area contributed by atoms with Crippen LogP contribution in [0.1, 0.15) is 57.2 Å². The molecule has 1 rings (SSSR count). The second-order valence-electron chi connectivity index (χ2n) is 4.41. The monoisotopic (exact) mass is 216 g/mol. The maximum atomic E-state index is 2.29. The first-order chi connectivity index (χ1) is 7.74. The summed E-state index contributed by atoms with van der Waals surface area (Å²) in [5.74, 6) is 0. The maximum Gasteiger partial charge on any atom is -0.0196 e. The van der Waals surface area contributed by atoms with E-state index in [-0.39, 0.29) is 0 Å². The Morgan fingerprint density at radius 2 is 1.81 bits per heavy atom. The lowest BCUT2D eigenvalue weighted by Gasteiger charge is -2.14. The molecule has 0 saturated carbocycles. The van der Waals surface area contributed by atoms with Gasteiger partial charge in [0.2, 0.25) is 0 Å². The molecule has 0 fully saturated rings. The zero-order chi connectivity index (χ0) is 12.0. The number of rotatable bonds is 5. The van der Waals surface area contributed by atoms with Gasteiger partial charge in [0.15, 0.2) is 0 Å². The molecule has 0 aliphatic carbocycles. The van der Waals surface area contributed by atoms with Gasteiger partial charge in [-0.15, -0.1) is 0 Å². The molecule has 0 aliphatic rings.